The highest BCUT2D eigenvalue weighted by Crippen LogP contribution is 2.37. The van der Waals surface area contributed by atoms with Crippen LogP contribution in [0.5, 0.6) is 0 Å². The van der Waals surface area contributed by atoms with Crippen LogP contribution < -0.4 is 4.90 Å². The third kappa shape index (κ3) is 1.81. The highest BCUT2D eigenvalue weighted by Gasteiger charge is 2.34. The topological polar surface area (TPSA) is 16.1 Å². The first-order valence-electron chi connectivity index (χ1n) is 6.50. The molecule has 2 fully saturated rings. The molecule has 16 heavy (non-hydrogen) atoms. The van der Waals surface area contributed by atoms with Gasteiger partial charge in [-0.3, -0.25) is 4.98 Å². The largest absolute Gasteiger partial charge is 0.371 e. The number of pyridine rings is 1. The van der Waals surface area contributed by atoms with E-state index >= 15 is 0 Å². The Morgan fingerprint density at radius 1 is 1.19 bits per heavy atom. The Labute approximate surface area is 97.7 Å². The molecule has 2 unspecified atom stereocenters. The molecule has 0 radical (unpaired) electrons. The summed E-state index contributed by atoms with van der Waals surface area (Å²) in [7, 11) is 0. The second-order valence-electron chi connectivity index (χ2n) is 5.37. The molecule has 1 aromatic rings. The van der Waals surface area contributed by atoms with Crippen molar-refractivity contribution in [2.75, 3.05) is 18.0 Å². The minimum atomic E-state index is 0.960. The zero-order chi connectivity index (χ0) is 11.0. The standard InChI is InChI=1S/C14H20N2/c1-11-8-14(6-7-15-11)16-9-12-4-2-3-5-13(12)10-16/h6-8,12-13H,2-5,9-10H2,1H3. The Kier molecular flexibility index (Phi) is 2.58. The van der Waals surface area contributed by atoms with Crippen LogP contribution in [0.25, 0.3) is 0 Å². The summed E-state index contributed by atoms with van der Waals surface area (Å²) >= 11 is 0. The summed E-state index contributed by atoms with van der Waals surface area (Å²) in [5, 5.41) is 0. The van der Waals surface area contributed by atoms with Crippen molar-refractivity contribution in [2.24, 2.45) is 11.8 Å². The maximum atomic E-state index is 4.28. The Hall–Kier alpha value is -1.05. The number of hydrogen-bond acceptors (Lipinski definition) is 2. The van der Waals surface area contributed by atoms with Crippen molar-refractivity contribution in [3.63, 3.8) is 0 Å². The number of fused-ring (bicyclic) bond motifs is 1. The Balaban J connectivity index is 1.77. The maximum absolute atomic E-state index is 4.28. The van der Waals surface area contributed by atoms with Crippen molar-refractivity contribution in [1.82, 2.24) is 4.98 Å². The molecule has 1 aliphatic carbocycles. The summed E-state index contributed by atoms with van der Waals surface area (Å²) in [6, 6.07) is 4.38. The van der Waals surface area contributed by atoms with Crippen molar-refractivity contribution in [3.8, 4) is 0 Å². The molecule has 2 atom stereocenters. The van der Waals surface area contributed by atoms with Gasteiger partial charge in [0.1, 0.15) is 0 Å². The number of rotatable bonds is 1. The third-order valence-corrected chi connectivity index (χ3v) is 4.22. The van der Waals surface area contributed by atoms with Gasteiger partial charge in [-0.1, -0.05) is 12.8 Å². The molecule has 2 aliphatic rings. The van der Waals surface area contributed by atoms with Gasteiger partial charge in [-0.2, -0.15) is 0 Å². The van der Waals surface area contributed by atoms with E-state index in [1.54, 1.807) is 0 Å². The molecule has 0 N–H and O–H groups in total. The van der Waals surface area contributed by atoms with Crippen LogP contribution >= 0.6 is 0 Å². The van der Waals surface area contributed by atoms with Crippen LogP contribution in [0.1, 0.15) is 31.4 Å². The molecule has 1 aromatic heterocycles. The van der Waals surface area contributed by atoms with E-state index in [0.29, 0.717) is 0 Å². The molecule has 1 saturated carbocycles. The summed E-state index contributed by atoms with van der Waals surface area (Å²) in [6.45, 7) is 4.62. The average molecular weight is 216 g/mol. The minimum absolute atomic E-state index is 0.960. The fourth-order valence-electron chi connectivity index (χ4n) is 3.34. The number of aryl methyl sites for hydroxylation is 1. The monoisotopic (exact) mass is 216 g/mol. The van der Waals surface area contributed by atoms with Gasteiger partial charge in [-0.05, 0) is 43.7 Å². The number of hydrogen-bond donors (Lipinski definition) is 0. The van der Waals surface area contributed by atoms with E-state index in [2.05, 4.69) is 28.9 Å². The van der Waals surface area contributed by atoms with E-state index in [-0.39, 0.29) is 0 Å². The van der Waals surface area contributed by atoms with E-state index < -0.39 is 0 Å². The van der Waals surface area contributed by atoms with Gasteiger partial charge >= 0.3 is 0 Å². The van der Waals surface area contributed by atoms with Gasteiger partial charge in [-0.15, -0.1) is 0 Å². The molecule has 0 bridgehead atoms. The van der Waals surface area contributed by atoms with Crippen LogP contribution in [0.2, 0.25) is 0 Å². The zero-order valence-corrected chi connectivity index (χ0v) is 10.0. The van der Waals surface area contributed by atoms with Crippen molar-refractivity contribution in [2.45, 2.75) is 32.6 Å². The first-order valence-corrected chi connectivity index (χ1v) is 6.50. The molecule has 3 rings (SSSR count). The van der Waals surface area contributed by atoms with E-state index in [1.165, 1.54) is 44.5 Å². The number of anilines is 1. The van der Waals surface area contributed by atoms with Crippen molar-refractivity contribution < 1.29 is 0 Å². The molecule has 1 aliphatic heterocycles. The van der Waals surface area contributed by atoms with Crippen LogP contribution in [0.4, 0.5) is 5.69 Å². The maximum Gasteiger partial charge on any atom is 0.0399 e. The van der Waals surface area contributed by atoms with E-state index in [1.807, 2.05) is 6.20 Å². The van der Waals surface area contributed by atoms with Gasteiger partial charge in [0.15, 0.2) is 0 Å². The minimum Gasteiger partial charge on any atom is -0.371 e. The average Bonchev–Trinajstić information content (AvgIpc) is 2.72. The Bertz CT molecular complexity index is 361. The summed E-state index contributed by atoms with van der Waals surface area (Å²) in [5.74, 6) is 1.92. The second kappa shape index (κ2) is 4.08. The van der Waals surface area contributed by atoms with Crippen molar-refractivity contribution in [3.05, 3.63) is 24.0 Å². The molecule has 2 heteroatoms. The summed E-state index contributed by atoms with van der Waals surface area (Å²) in [6.07, 6.45) is 7.73. The Morgan fingerprint density at radius 3 is 2.50 bits per heavy atom. The molecule has 1 saturated heterocycles. The van der Waals surface area contributed by atoms with Gasteiger partial charge in [0.05, 0.1) is 0 Å². The highest BCUT2D eigenvalue weighted by atomic mass is 15.2. The highest BCUT2D eigenvalue weighted by molar-refractivity contribution is 5.47. The van der Waals surface area contributed by atoms with Gasteiger partial charge in [0.2, 0.25) is 0 Å². The van der Waals surface area contributed by atoms with Crippen molar-refractivity contribution in [1.29, 1.82) is 0 Å². The SMILES string of the molecule is Cc1cc(N2CC3CCCCC3C2)ccn1. The van der Waals surface area contributed by atoms with Crippen molar-refractivity contribution >= 4 is 5.69 Å². The predicted octanol–water partition coefficient (Wildman–Crippen LogP) is 3.02. The molecule has 0 aromatic carbocycles. The number of aromatic nitrogens is 1. The Morgan fingerprint density at radius 2 is 1.88 bits per heavy atom. The molecule has 2 nitrogen and oxygen atoms in total. The van der Waals surface area contributed by atoms with Gasteiger partial charge in [0.25, 0.3) is 0 Å². The second-order valence-corrected chi connectivity index (χ2v) is 5.37. The predicted molar refractivity (Wildman–Crippen MR) is 66.6 cm³/mol. The van der Waals surface area contributed by atoms with Gasteiger partial charge in [0, 0.05) is 30.7 Å². The number of nitrogens with zero attached hydrogens (tertiary/aromatic N) is 2. The van der Waals surface area contributed by atoms with Gasteiger partial charge in [-0.25, -0.2) is 0 Å². The molecule has 0 spiro atoms. The molecule has 0 amide bonds. The lowest BCUT2D eigenvalue weighted by molar-refractivity contribution is 0.299. The molecule has 2 heterocycles. The molecular weight excluding hydrogens is 196 g/mol. The first kappa shape index (κ1) is 10.1. The van der Waals surface area contributed by atoms with Crippen LogP contribution in [0.15, 0.2) is 18.3 Å². The third-order valence-electron chi connectivity index (χ3n) is 4.22. The molecule has 86 valence electrons. The van der Waals surface area contributed by atoms with Gasteiger partial charge < -0.3 is 4.90 Å². The van der Waals surface area contributed by atoms with E-state index in [0.717, 1.165) is 17.5 Å². The summed E-state index contributed by atoms with van der Waals surface area (Å²) in [4.78, 5) is 6.84. The van der Waals surface area contributed by atoms with E-state index in [9.17, 15) is 0 Å². The normalized spacial score (nSPS) is 29.2. The summed E-state index contributed by atoms with van der Waals surface area (Å²) in [5.41, 5.74) is 2.51. The lowest BCUT2D eigenvalue weighted by atomic mass is 9.82. The van der Waals surface area contributed by atoms with Crippen LogP contribution in [-0.4, -0.2) is 18.1 Å². The van der Waals surface area contributed by atoms with Crippen LogP contribution in [0.3, 0.4) is 0 Å². The summed E-state index contributed by atoms with van der Waals surface area (Å²) < 4.78 is 0. The lowest BCUT2D eigenvalue weighted by Gasteiger charge is -2.22. The fourth-order valence-corrected chi connectivity index (χ4v) is 3.34. The van der Waals surface area contributed by atoms with E-state index in [4.69, 9.17) is 0 Å². The van der Waals surface area contributed by atoms with Crippen LogP contribution in [0, 0.1) is 18.8 Å². The fraction of sp³-hybridized carbons (Fsp3) is 0.643. The molecular formula is C14H20N2. The quantitative estimate of drug-likeness (QED) is 0.717. The zero-order valence-electron chi connectivity index (χ0n) is 10.0. The smallest absolute Gasteiger partial charge is 0.0399 e. The van der Waals surface area contributed by atoms with Crippen LogP contribution in [-0.2, 0) is 0 Å². The first-order chi connectivity index (χ1) is 7.83. The lowest BCUT2D eigenvalue weighted by Crippen LogP contribution is -2.19.